The van der Waals surface area contributed by atoms with Gasteiger partial charge in [-0.2, -0.15) is 13.2 Å². The third-order valence-electron chi connectivity index (χ3n) is 9.63. The van der Waals surface area contributed by atoms with E-state index in [4.69, 9.17) is 4.74 Å². The molecule has 0 unspecified atom stereocenters. The molecule has 0 bridgehead atoms. The number of aromatic nitrogens is 1. The number of phenols is 1. The number of hydrogen-bond acceptors (Lipinski definition) is 7. The zero-order valence-electron chi connectivity index (χ0n) is 27.3. The van der Waals surface area contributed by atoms with Gasteiger partial charge in [-0.25, -0.2) is 8.42 Å². The number of hydrogen-bond donors (Lipinski definition) is 2. The van der Waals surface area contributed by atoms with Crippen LogP contribution in [0.1, 0.15) is 45.2 Å². The first-order valence-electron chi connectivity index (χ1n) is 16.2. The molecule has 2 N–H and O–H groups in total. The van der Waals surface area contributed by atoms with Gasteiger partial charge in [0.15, 0.2) is 9.84 Å². The van der Waals surface area contributed by atoms with Gasteiger partial charge in [0.05, 0.1) is 41.6 Å². The number of amides is 1. The Hall–Kier alpha value is -3.73. The van der Waals surface area contributed by atoms with E-state index in [1.807, 2.05) is 6.07 Å². The Morgan fingerprint density at radius 1 is 1.12 bits per heavy atom. The number of nitrogens with one attached hydrogen (secondary N) is 1. The summed E-state index contributed by atoms with van der Waals surface area (Å²) in [6.07, 6.45) is 0.564. The van der Waals surface area contributed by atoms with Gasteiger partial charge in [0.1, 0.15) is 12.3 Å². The second-order valence-corrected chi connectivity index (χ2v) is 15.8. The van der Waals surface area contributed by atoms with Gasteiger partial charge in [-0.1, -0.05) is 25.8 Å². The number of nitrogens with zero attached hydrogens (tertiary/aromatic N) is 3. The number of carbonyl (C=O) groups is 1. The smallest absolute Gasteiger partial charge is 0.406 e. The first-order chi connectivity index (χ1) is 22.6. The van der Waals surface area contributed by atoms with E-state index in [2.05, 4.69) is 22.1 Å². The molecule has 3 aliphatic rings. The minimum Gasteiger partial charge on any atom is -0.506 e. The topological polar surface area (TPSA) is 104 Å². The highest BCUT2D eigenvalue weighted by Gasteiger charge is 2.50. The molecule has 0 atom stereocenters. The predicted molar refractivity (Wildman–Crippen MR) is 178 cm³/mol. The third-order valence-corrected chi connectivity index (χ3v) is 10.7. The number of benzene rings is 2. The summed E-state index contributed by atoms with van der Waals surface area (Å²) >= 11 is 0. The lowest BCUT2D eigenvalue weighted by Crippen LogP contribution is -2.68. The molecular formula is C35H41F3N4O5S. The molecule has 2 aromatic carbocycles. The second-order valence-electron chi connectivity index (χ2n) is 13.8. The molecule has 1 spiro atoms. The maximum Gasteiger partial charge on any atom is 0.406 e. The van der Waals surface area contributed by atoms with Crippen molar-refractivity contribution in [3.63, 3.8) is 0 Å². The Balaban J connectivity index is 1.23. The molecule has 13 heteroatoms. The minimum absolute atomic E-state index is 0.0538. The van der Waals surface area contributed by atoms with Crippen LogP contribution in [0.25, 0.3) is 10.9 Å². The van der Waals surface area contributed by atoms with Crippen molar-refractivity contribution in [2.24, 2.45) is 11.3 Å². The van der Waals surface area contributed by atoms with E-state index in [1.54, 1.807) is 32.0 Å². The van der Waals surface area contributed by atoms with Crippen LogP contribution in [0.4, 0.5) is 24.5 Å². The molecular weight excluding hydrogens is 645 g/mol. The fraction of sp³-hybridized carbons (Fsp3) is 0.514. The van der Waals surface area contributed by atoms with Gasteiger partial charge in [0, 0.05) is 59.9 Å². The molecule has 3 heterocycles. The van der Waals surface area contributed by atoms with Crippen molar-refractivity contribution in [1.29, 1.82) is 0 Å². The molecule has 3 fully saturated rings. The summed E-state index contributed by atoms with van der Waals surface area (Å²) < 4.78 is 71.9. The molecule has 9 nitrogen and oxygen atoms in total. The van der Waals surface area contributed by atoms with Crippen LogP contribution in [0, 0.1) is 23.2 Å². The van der Waals surface area contributed by atoms with E-state index in [1.165, 1.54) is 17.0 Å². The van der Waals surface area contributed by atoms with Crippen molar-refractivity contribution in [3.8, 4) is 17.6 Å². The van der Waals surface area contributed by atoms with Crippen LogP contribution in [0.5, 0.6) is 5.75 Å². The predicted octanol–water partition coefficient (Wildman–Crippen LogP) is 5.41. The number of carbonyl (C=O) groups excluding carboxylic acids is 1. The standard InChI is InChI=1S/C35H41F3N4O5S/c1-23(2)33(44)41(31-14-13-27(17-32(31)43)48(3,45)46)15-5-6-26-16-28-29(7-4-8-30(28)42(26)20-35(36,37)38)39-24-9-11-25(12-10-24)40-18-34(19-40)21-47-22-34/h4,7-8,13-14,16-17,23-25,39,43H,9-12,15,18-22H2,1-3H3/t24-,25+. The lowest BCUT2D eigenvalue weighted by atomic mass is 9.75. The number of fused-ring (bicyclic) bond motifs is 1. The zero-order valence-corrected chi connectivity index (χ0v) is 28.1. The average Bonchev–Trinajstić information content (AvgIpc) is 3.30. The molecule has 6 rings (SSSR count). The Labute approximate surface area is 278 Å². The van der Waals surface area contributed by atoms with Gasteiger partial charge in [0.2, 0.25) is 5.91 Å². The number of alkyl halides is 3. The minimum atomic E-state index is -4.50. The number of rotatable bonds is 8. The number of aromatic hydroxyl groups is 1. The van der Waals surface area contributed by atoms with Crippen LogP contribution < -0.4 is 10.2 Å². The van der Waals surface area contributed by atoms with Gasteiger partial charge in [-0.15, -0.1) is 0 Å². The van der Waals surface area contributed by atoms with Crippen LogP contribution in [0.2, 0.25) is 0 Å². The Morgan fingerprint density at radius 3 is 2.42 bits per heavy atom. The number of sulfone groups is 1. The van der Waals surface area contributed by atoms with Gasteiger partial charge >= 0.3 is 6.18 Å². The van der Waals surface area contributed by atoms with E-state index in [-0.39, 0.29) is 28.9 Å². The Morgan fingerprint density at radius 2 is 1.83 bits per heavy atom. The molecule has 1 amide bonds. The first-order valence-corrected chi connectivity index (χ1v) is 18.1. The van der Waals surface area contributed by atoms with Gasteiger partial charge in [-0.3, -0.25) is 14.6 Å². The van der Waals surface area contributed by atoms with Crippen LogP contribution in [0.3, 0.4) is 0 Å². The summed E-state index contributed by atoms with van der Waals surface area (Å²) in [6.45, 7) is 5.79. The zero-order chi connectivity index (χ0) is 34.4. The van der Waals surface area contributed by atoms with Crippen molar-refractivity contribution < 1.29 is 36.2 Å². The Kier molecular flexibility index (Phi) is 9.21. The van der Waals surface area contributed by atoms with E-state index in [0.29, 0.717) is 22.4 Å². The average molecular weight is 687 g/mol. The van der Waals surface area contributed by atoms with Crippen molar-refractivity contribution in [1.82, 2.24) is 9.47 Å². The molecule has 3 aromatic rings. The molecule has 2 aliphatic heterocycles. The Bertz CT molecular complexity index is 1860. The quantitative estimate of drug-likeness (QED) is 0.306. The number of halogens is 3. The van der Waals surface area contributed by atoms with Crippen molar-refractivity contribution in [2.45, 2.75) is 69.2 Å². The molecule has 1 saturated carbocycles. The van der Waals surface area contributed by atoms with E-state index >= 15 is 0 Å². The normalized spacial score (nSPS) is 21.0. The van der Waals surface area contributed by atoms with Crippen LogP contribution >= 0.6 is 0 Å². The number of phenolic OH excluding ortho intramolecular Hbond substituents is 1. The first kappa shape index (κ1) is 34.1. The molecule has 48 heavy (non-hydrogen) atoms. The van der Waals surface area contributed by atoms with Gasteiger partial charge in [0.25, 0.3) is 0 Å². The van der Waals surface area contributed by atoms with Crippen molar-refractivity contribution >= 4 is 38.0 Å². The van der Waals surface area contributed by atoms with Crippen LogP contribution in [-0.2, 0) is 25.9 Å². The molecule has 0 radical (unpaired) electrons. The van der Waals surface area contributed by atoms with Gasteiger partial charge < -0.3 is 19.7 Å². The van der Waals surface area contributed by atoms with E-state index < -0.39 is 40.1 Å². The summed E-state index contributed by atoms with van der Waals surface area (Å²) in [7, 11) is -3.61. The highest BCUT2D eigenvalue weighted by Crippen LogP contribution is 2.41. The molecule has 1 aromatic heterocycles. The van der Waals surface area contributed by atoms with Crippen LogP contribution in [0.15, 0.2) is 47.4 Å². The number of ether oxygens (including phenoxy) is 1. The highest BCUT2D eigenvalue weighted by molar-refractivity contribution is 7.90. The van der Waals surface area contributed by atoms with E-state index in [0.717, 1.165) is 74.6 Å². The maximum absolute atomic E-state index is 13.8. The summed E-state index contributed by atoms with van der Waals surface area (Å²) in [5.74, 6) is 4.38. The molecule has 258 valence electrons. The fourth-order valence-corrected chi connectivity index (χ4v) is 7.72. The maximum atomic E-state index is 13.8. The third kappa shape index (κ3) is 7.16. The number of anilines is 2. The highest BCUT2D eigenvalue weighted by atomic mass is 32.2. The van der Waals surface area contributed by atoms with Crippen molar-refractivity contribution in [3.05, 3.63) is 48.2 Å². The van der Waals surface area contributed by atoms with Gasteiger partial charge in [-0.05, 0) is 61.9 Å². The SMILES string of the molecule is CC(C)C(=O)N(CC#Cc1cc2c(N[C@H]3CC[C@@H](N4CC5(COC5)C4)CC3)cccc2n1CC(F)(F)F)c1ccc(S(C)(=O)=O)cc1O. The summed E-state index contributed by atoms with van der Waals surface area (Å²) in [5.41, 5.74) is 1.72. The lowest BCUT2D eigenvalue weighted by Gasteiger charge is -2.58. The summed E-state index contributed by atoms with van der Waals surface area (Å²) in [5, 5.41) is 14.9. The van der Waals surface area contributed by atoms with Crippen LogP contribution in [-0.4, -0.2) is 86.3 Å². The van der Waals surface area contributed by atoms with E-state index in [9.17, 15) is 31.5 Å². The monoisotopic (exact) mass is 686 g/mol. The van der Waals surface area contributed by atoms with Crippen molar-refractivity contribution in [2.75, 3.05) is 49.3 Å². The molecule has 2 saturated heterocycles. The fourth-order valence-electron chi connectivity index (χ4n) is 7.08. The largest absolute Gasteiger partial charge is 0.506 e. The molecule has 1 aliphatic carbocycles. The summed E-state index contributed by atoms with van der Waals surface area (Å²) in [4.78, 5) is 16.8. The second kappa shape index (κ2) is 12.9. The summed E-state index contributed by atoms with van der Waals surface area (Å²) in [6, 6.07) is 11.3. The lowest BCUT2D eigenvalue weighted by molar-refractivity contribution is -0.200. The number of likely N-dealkylation sites (tertiary alicyclic amines) is 1.